The summed E-state index contributed by atoms with van der Waals surface area (Å²) in [6, 6.07) is 0. The van der Waals surface area contributed by atoms with Crippen LogP contribution in [0.15, 0.2) is 11.3 Å². The van der Waals surface area contributed by atoms with E-state index in [2.05, 4.69) is 51.2 Å². The minimum absolute atomic E-state index is 0.234. The summed E-state index contributed by atoms with van der Waals surface area (Å²) < 4.78 is 2.06. The lowest BCUT2D eigenvalue weighted by molar-refractivity contribution is 0.253. The van der Waals surface area contributed by atoms with E-state index in [0.29, 0.717) is 5.92 Å². The molecule has 1 aromatic rings. The van der Waals surface area contributed by atoms with Gasteiger partial charge in [0.15, 0.2) is 5.96 Å². The molecule has 0 amide bonds. The summed E-state index contributed by atoms with van der Waals surface area (Å²) in [7, 11) is 0. The molecule has 0 saturated heterocycles. The van der Waals surface area contributed by atoms with E-state index >= 15 is 0 Å². The van der Waals surface area contributed by atoms with Crippen molar-refractivity contribution < 1.29 is 5.11 Å². The van der Waals surface area contributed by atoms with Crippen LogP contribution < -0.4 is 10.6 Å². The fraction of sp³-hybridized carbons (Fsp3) is 0.812. The minimum atomic E-state index is 0.234. The molecule has 3 N–H and O–H groups in total. The molecular weight excluding hydrogens is 292 g/mol. The Labute approximate surface area is 139 Å². The van der Waals surface area contributed by atoms with Gasteiger partial charge < -0.3 is 20.3 Å². The van der Waals surface area contributed by atoms with Crippen LogP contribution in [0.5, 0.6) is 0 Å². The predicted octanol–water partition coefficient (Wildman–Crippen LogP) is 1.19. The van der Waals surface area contributed by atoms with E-state index in [-0.39, 0.29) is 6.61 Å². The second kappa shape index (κ2) is 11.9. The van der Waals surface area contributed by atoms with Crippen LogP contribution in [0.2, 0.25) is 0 Å². The van der Waals surface area contributed by atoms with Gasteiger partial charge in [0.2, 0.25) is 0 Å². The quantitative estimate of drug-likeness (QED) is 0.420. The van der Waals surface area contributed by atoms with Crippen molar-refractivity contribution >= 4 is 5.96 Å². The number of aliphatic hydroxyl groups excluding tert-OH is 1. The van der Waals surface area contributed by atoms with Gasteiger partial charge in [0.1, 0.15) is 12.2 Å². The summed E-state index contributed by atoms with van der Waals surface area (Å²) >= 11 is 0. The highest BCUT2D eigenvalue weighted by atomic mass is 16.3. The molecule has 0 bridgehead atoms. The third kappa shape index (κ3) is 7.45. The number of guanidine groups is 1. The zero-order valence-electron chi connectivity index (χ0n) is 14.8. The number of nitrogens with one attached hydrogen (secondary N) is 2. The highest BCUT2D eigenvalue weighted by Gasteiger charge is 2.07. The maximum Gasteiger partial charge on any atom is 0.191 e. The second-order valence-electron chi connectivity index (χ2n) is 5.61. The summed E-state index contributed by atoms with van der Waals surface area (Å²) in [5, 5.41) is 23.8. The van der Waals surface area contributed by atoms with E-state index in [9.17, 15) is 0 Å². The van der Waals surface area contributed by atoms with Gasteiger partial charge in [0, 0.05) is 39.2 Å². The number of rotatable bonds is 11. The lowest BCUT2D eigenvalue weighted by Crippen LogP contribution is -2.39. The van der Waals surface area contributed by atoms with Crippen molar-refractivity contribution in [3.63, 3.8) is 0 Å². The summed E-state index contributed by atoms with van der Waals surface area (Å²) in [6.07, 6.45) is 5.69. The lowest BCUT2D eigenvalue weighted by Gasteiger charge is -2.15. The Kier molecular flexibility index (Phi) is 10.0. The molecule has 0 saturated carbocycles. The van der Waals surface area contributed by atoms with Crippen molar-refractivity contribution in [2.24, 2.45) is 10.9 Å². The van der Waals surface area contributed by atoms with Crippen LogP contribution in [0.1, 0.15) is 45.9 Å². The summed E-state index contributed by atoms with van der Waals surface area (Å²) in [5.74, 6) is 2.28. The van der Waals surface area contributed by atoms with Crippen molar-refractivity contribution in [2.45, 2.75) is 53.0 Å². The number of aliphatic imine (C=N–C) groups is 1. The van der Waals surface area contributed by atoms with Crippen LogP contribution in [0.3, 0.4) is 0 Å². The molecule has 0 aliphatic rings. The predicted molar refractivity (Wildman–Crippen MR) is 93.5 cm³/mol. The molecule has 7 nitrogen and oxygen atoms in total. The van der Waals surface area contributed by atoms with Gasteiger partial charge in [-0.15, -0.1) is 10.2 Å². The van der Waals surface area contributed by atoms with Crippen LogP contribution in [-0.2, 0) is 13.0 Å². The zero-order chi connectivity index (χ0) is 16.9. The molecule has 0 fully saturated rings. The molecule has 0 radical (unpaired) electrons. The summed E-state index contributed by atoms with van der Waals surface area (Å²) in [6.45, 7) is 9.70. The molecule has 1 heterocycles. The minimum Gasteiger partial charge on any atom is -0.396 e. The van der Waals surface area contributed by atoms with Crippen molar-refractivity contribution in [3.8, 4) is 0 Å². The maximum absolute atomic E-state index is 9.13. The Morgan fingerprint density at radius 1 is 1.30 bits per heavy atom. The normalized spacial score (nSPS) is 13.1. The van der Waals surface area contributed by atoms with Gasteiger partial charge in [0.25, 0.3) is 0 Å². The van der Waals surface area contributed by atoms with Crippen molar-refractivity contribution in [2.75, 3.05) is 26.2 Å². The van der Waals surface area contributed by atoms with Gasteiger partial charge in [-0.3, -0.25) is 4.99 Å². The highest BCUT2D eigenvalue weighted by Crippen LogP contribution is 2.10. The molecule has 0 aliphatic carbocycles. The standard InChI is InChI=1S/C16H32N6O/c1-4-7-14(8-11-23)12-19-16(17-6-3)18-9-10-22-13-20-21-15(22)5-2/h13-14,23H,4-12H2,1-3H3,(H2,17,18,19). The van der Waals surface area contributed by atoms with Crippen LogP contribution in [0, 0.1) is 5.92 Å². The number of aromatic nitrogens is 3. The highest BCUT2D eigenvalue weighted by molar-refractivity contribution is 5.79. The maximum atomic E-state index is 9.13. The van der Waals surface area contributed by atoms with E-state index in [4.69, 9.17) is 5.11 Å². The van der Waals surface area contributed by atoms with Crippen LogP contribution >= 0.6 is 0 Å². The molecule has 1 aromatic heterocycles. The fourth-order valence-electron chi connectivity index (χ4n) is 2.51. The molecule has 0 spiro atoms. The zero-order valence-corrected chi connectivity index (χ0v) is 14.8. The Balaban J connectivity index is 2.48. The van der Waals surface area contributed by atoms with Gasteiger partial charge in [-0.2, -0.15) is 0 Å². The SMILES string of the molecule is CCCC(CCO)CN=C(NCC)NCCn1cnnc1CC. The first-order valence-electron chi connectivity index (χ1n) is 8.74. The average Bonchev–Trinajstić information content (AvgIpc) is 3.00. The first kappa shape index (κ1) is 19.4. The van der Waals surface area contributed by atoms with Crippen molar-refractivity contribution in [3.05, 3.63) is 12.2 Å². The molecule has 23 heavy (non-hydrogen) atoms. The van der Waals surface area contributed by atoms with Gasteiger partial charge in [-0.25, -0.2) is 0 Å². The molecule has 1 rings (SSSR count). The van der Waals surface area contributed by atoms with Crippen LogP contribution in [0.4, 0.5) is 0 Å². The number of aryl methyl sites for hydroxylation is 1. The molecule has 132 valence electrons. The monoisotopic (exact) mass is 324 g/mol. The second-order valence-corrected chi connectivity index (χ2v) is 5.61. The Bertz CT molecular complexity index is 440. The number of nitrogens with zero attached hydrogens (tertiary/aromatic N) is 4. The third-order valence-electron chi connectivity index (χ3n) is 3.74. The van der Waals surface area contributed by atoms with Gasteiger partial charge in [0.05, 0.1) is 0 Å². The van der Waals surface area contributed by atoms with Crippen LogP contribution in [-0.4, -0.2) is 52.1 Å². The Morgan fingerprint density at radius 2 is 2.13 bits per heavy atom. The molecular formula is C16H32N6O. The smallest absolute Gasteiger partial charge is 0.191 e. The Hall–Kier alpha value is -1.63. The largest absolute Gasteiger partial charge is 0.396 e. The van der Waals surface area contributed by atoms with E-state index in [1.807, 2.05) is 0 Å². The fourth-order valence-corrected chi connectivity index (χ4v) is 2.51. The van der Waals surface area contributed by atoms with Crippen LogP contribution in [0.25, 0.3) is 0 Å². The first-order chi connectivity index (χ1) is 11.2. The number of aliphatic hydroxyl groups is 1. The number of hydrogen-bond acceptors (Lipinski definition) is 4. The molecule has 1 unspecified atom stereocenters. The third-order valence-corrected chi connectivity index (χ3v) is 3.74. The van der Waals surface area contributed by atoms with Gasteiger partial charge >= 0.3 is 0 Å². The van der Waals surface area contributed by atoms with Gasteiger partial charge in [-0.1, -0.05) is 20.3 Å². The molecule has 1 atom stereocenters. The van der Waals surface area contributed by atoms with Crippen molar-refractivity contribution in [1.29, 1.82) is 0 Å². The van der Waals surface area contributed by atoms with E-state index < -0.39 is 0 Å². The molecule has 7 heteroatoms. The van der Waals surface area contributed by atoms with Gasteiger partial charge in [-0.05, 0) is 25.7 Å². The van der Waals surface area contributed by atoms with E-state index in [1.165, 1.54) is 0 Å². The summed E-state index contributed by atoms with van der Waals surface area (Å²) in [4.78, 5) is 4.66. The molecule has 0 aromatic carbocycles. The number of hydrogen-bond donors (Lipinski definition) is 3. The van der Waals surface area contributed by atoms with E-state index in [1.54, 1.807) is 6.33 Å². The first-order valence-corrected chi connectivity index (χ1v) is 8.74. The van der Waals surface area contributed by atoms with Crippen molar-refractivity contribution in [1.82, 2.24) is 25.4 Å². The summed E-state index contributed by atoms with van der Waals surface area (Å²) in [5.41, 5.74) is 0. The average molecular weight is 324 g/mol. The Morgan fingerprint density at radius 3 is 2.78 bits per heavy atom. The lowest BCUT2D eigenvalue weighted by atomic mass is 10.0. The topological polar surface area (TPSA) is 87.4 Å². The van der Waals surface area contributed by atoms with E-state index in [0.717, 1.165) is 63.6 Å². The molecule has 0 aliphatic heterocycles.